The quantitative estimate of drug-likeness (QED) is 0.587. The van der Waals surface area contributed by atoms with Crippen LogP contribution in [-0.2, 0) is 13.1 Å². The molecule has 1 aliphatic rings. The molecular formula is C20H17N3O2. The molecule has 0 aliphatic carbocycles. The van der Waals surface area contributed by atoms with Gasteiger partial charge >= 0.3 is 0 Å². The predicted octanol–water partition coefficient (Wildman–Crippen LogP) is 3.56. The van der Waals surface area contributed by atoms with E-state index in [1.807, 2.05) is 24.3 Å². The van der Waals surface area contributed by atoms with Crippen LogP contribution in [0.1, 0.15) is 27.2 Å². The van der Waals surface area contributed by atoms with Gasteiger partial charge in [0.1, 0.15) is 5.76 Å². The number of nitrogens with zero attached hydrogens (tertiary/aromatic N) is 2. The van der Waals surface area contributed by atoms with E-state index in [0.717, 1.165) is 18.8 Å². The summed E-state index contributed by atoms with van der Waals surface area (Å²) in [5.74, 6) is 0.336. The van der Waals surface area contributed by atoms with Crippen LogP contribution in [0.3, 0.4) is 0 Å². The molecule has 1 amide bonds. The molecule has 0 spiro atoms. The average Bonchev–Trinajstić information content (AvgIpc) is 3.31. The molecule has 0 saturated heterocycles. The van der Waals surface area contributed by atoms with Crippen LogP contribution in [0.25, 0.3) is 0 Å². The molecule has 0 bridgehead atoms. The molecule has 2 heterocycles. The van der Waals surface area contributed by atoms with E-state index >= 15 is 0 Å². The first kappa shape index (κ1) is 15.2. The third-order valence-corrected chi connectivity index (χ3v) is 4.24. The summed E-state index contributed by atoms with van der Waals surface area (Å²) < 4.78 is 5.11. The third-order valence-electron chi connectivity index (χ3n) is 4.24. The van der Waals surface area contributed by atoms with Gasteiger partial charge in [-0.05, 0) is 47.5 Å². The minimum absolute atomic E-state index is 0.251. The number of nitrogens with one attached hydrogen (secondary N) is 1. The fourth-order valence-corrected chi connectivity index (χ4v) is 2.92. The van der Waals surface area contributed by atoms with Crippen LogP contribution in [0.5, 0.6) is 0 Å². The molecule has 1 N–H and O–H groups in total. The highest BCUT2D eigenvalue weighted by Gasteiger charge is 2.18. The number of benzene rings is 2. The van der Waals surface area contributed by atoms with Crippen molar-refractivity contribution in [3.63, 3.8) is 0 Å². The van der Waals surface area contributed by atoms with Gasteiger partial charge in [-0.25, -0.2) is 5.43 Å². The first-order valence-corrected chi connectivity index (χ1v) is 8.08. The summed E-state index contributed by atoms with van der Waals surface area (Å²) in [6, 6.07) is 19.6. The summed E-state index contributed by atoms with van der Waals surface area (Å²) in [6.45, 7) is 1.80. The number of hydrogen-bond donors (Lipinski definition) is 1. The molecule has 5 nitrogen and oxygen atoms in total. The number of hydrogen-bond acceptors (Lipinski definition) is 4. The largest absolute Gasteiger partial charge is 0.463 e. The third kappa shape index (κ3) is 3.30. The van der Waals surface area contributed by atoms with Crippen molar-refractivity contribution in [2.45, 2.75) is 13.1 Å². The minimum Gasteiger partial charge on any atom is -0.463 e. The van der Waals surface area contributed by atoms with Crippen LogP contribution in [0.4, 0.5) is 5.69 Å². The van der Waals surface area contributed by atoms with E-state index in [2.05, 4.69) is 39.7 Å². The normalized spacial score (nSPS) is 13.2. The summed E-state index contributed by atoms with van der Waals surface area (Å²) in [7, 11) is 0. The van der Waals surface area contributed by atoms with Gasteiger partial charge in [-0.3, -0.25) is 4.79 Å². The summed E-state index contributed by atoms with van der Waals surface area (Å²) in [4.78, 5) is 14.4. The Morgan fingerprint density at radius 1 is 1.00 bits per heavy atom. The molecule has 4 rings (SSSR count). The van der Waals surface area contributed by atoms with E-state index in [0.29, 0.717) is 11.3 Å². The lowest BCUT2D eigenvalue weighted by molar-refractivity contribution is 0.0955. The number of furan rings is 1. The maximum absolute atomic E-state index is 12.1. The Balaban J connectivity index is 1.40. The Hall–Kier alpha value is -3.34. The first-order chi connectivity index (χ1) is 12.3. The fourth-order valence-electron chi connectivity index (χ4n) is 2.92. The highest BCUT2D eigenvalue weighted by atomic mass is 16.3. The average molecular weight is 331 g/mol. The number of rotatable bonds is 4. The molecular weight excluding hydrogens is 314 g/mol. The van der Waals surface area contributed by atoms with E-state index in [9.17, 15) is 4.79 Å². The Morgan fingerprint density at radius 3 is 2.36 bits per heavy atom. The second kappa shape index (κ2) is 6.65. The lowest BCUT2D eigenvalue weighted by Gasteiger charge is -2.17. The van der Waals surface area contributed by atoms with Crippen LogP contribution in [0, 0.1) is 0 Å². The monoisotopic (exact) mass is 331 g/mol. The molecule has 2 aromatic carbocycles. The predicted molar refractivity (Wildman–Crippen MR) is 96.5 cm³/mol. The molecule has 5 heteroatoms. The Kier molecular flexibility index (Phi) is 4.04. The van der Waals surface area contributed by atoms with Gasteiger partial charge < -0.3 is 9.32 Å². The van der Waals surface area contributed by atoms with Gasteiger partial charge in [0.05, 0.1) is 12.5 Å². The standard InChI is InChI=1S/C20H17N3O2/c24-20(22-21-12-19-6-3-11-25-19)15-7-9-18(10-8-15)23-13-16-4-1-2-5-17(16)14-23/h1-12H,13-14H2,(H,22,24)/b21-12+. The van der Waals surface area contributed by atoms with Crippen LogP contribution in [0.2, 0.25) is 0 Å². The summed E-state index contributed by atoms with van der Waals surface area (Å²) in [5.41, 5.74) is 6.88. The van der Waals surface area contributed by atoms with Crippen molar-refractivity contribution in [1.29, 1.82) is 0 Å². The molecule has 0 unspecified atom stereocenters. The van der Waals surface area contributed by atoms with E-state index in [4.69, 9.17) is 4.42 Å². The highest BCUT2D eigenvalue weighted by molar-refractivity contribution is 5.95. The molecule has 0 saturated carbocycles. The number of hydrazone groups is 1. The lowest BCUT2D eigenvalue weighted by Crippen LogP contribution is -2.18. The summed E-state index contributed by atoms with van der Waals surface area (Å²) in [6.07, 6.45) is 3.02. The van der Waals surface area contributed by atoms with Gasteiger partial charge in [0, 0.05) is 24.3 Å². The smallest absolute Gasteiger partial charge is 0.271 e. The van der Waals surface area contributed by atoms with E-state index in [1.54, 1.807) is 18.4 Å². The zero-order valence-corrected chi connectivity index (χ0v) is 13.6. The lowest BCUT2D eigenvalue weighted by atomic mass is 10.1. The fraction of sp³-hybridized carbons (Fsp3) is 0.100. The van der Waals surface area contributed by atoms with Crippen LogP contribution in [0.15, 0.2) is 76.4 Å². The van der Waals surface area contributed by atoms with Gasteiger partial charge in [-0.2, -0.15) is 5.10 Å². The number of fused-ring (bicyclic) bond motifs is 1. The van der Waals surface area contributed by atoms with Gasteiger partial charge in [0.25, 0.3) is 5.91 Å². The van der Waals surface area contributed by atoms with Crippen molar-refractivity contribution in [3.8, 4) is 0 Å². The number of carbonyl (C=O) groups excluding carboxylic acids is 1. The molecule has 124 valence electrons. The molecule has 0 fully saturated rings. The number of carbonyl (C=O) groups is 1. The maximum atomic E-state index is 12.1. The number of anilines is 1. The number of amides is 1. The van der Waals surface area contributed by atoms with Crippen LogP contribution < -0.4 is 10.3 Å². The molecule has 0 atom stereocenters. The molecule has 1 aromatic heterocycles. The summed E-state index contributed by atoms with van der Waals surface area (Å²) in [5, 5.41) is 3.89. The SMILES string of the molecule is O=C(N/N=C/c1ccco1)c1ccc(N2Cc3ccccc3C2)cc1. The van der Waals surface area contributed by atoms with Gasteiger partial charge in [-0.1, -0.05) is 24.3 Å². The van der Waals surface area contributed by atoms with Crippen molar-refractivity contribution < 1.29 is 9.21 Å². The molecule has 1 aliphatic heterocycles. The Morgan fingerprint density at radius 2 is 1.72 bits per heavy atom. The minimum atomic E-state index is -0.251. The summed E-state index contributed by atoms with van der Waals surface area (Å²) >= 11 is 0. The highest BCUT2D eigenvalue weighted by Crippen LogP contribution is 2.28. The topological polar surface area (TPSA) is 57.8 Å². The van der Waals surface area contributed by atoms with Crippen molar-refractivity contribution in [3.05, 3.63) is 89.4 Å². The van der Waals surface area contributed by atoms with Gasteiger partial charge in [0.2, 0.25) is 0 Å². The van der Waals surface area contributed by atoms with Gasteiger partial charge in [-0.15, -0.1) is 0 Å². The maximum Gasteiger partial charge on any atom is 0.271 e. The van der Waals surface area contributed by atoms with Gasteiger partial charge in [0.15, 0.2) is 0 Å². The second-order valence-corrected chi connectivity index (χ2v) is 5.89. The molecule has 3 aromatic rings. The zero-order chi connectivity index (χ0) is 17.1. The van der Waals surface area contributed by atoms with E-state index < -0.39 is 0 Å². The second-order valence-electron chi connectivity index (χ2n) is 5.89. The van der Waals surface area contributed by atoms with Crippen molar-refractivity contribution in [2.24, 2.45) is 5.10 Å². The Labute approximate surface area is 145 Å². The molecule has 25 heavy (non-hydrogen) atoms. The Bertz CT molecular complexity index is 874. The van der Waals surface area contributed by atoms with Crippen molar-refractivity contribution >= 4 is 17.8 Å². The van der Waals surface area contributed by atoms with E-state index in [-0.39, 0.29) is 5.91 Å². The first-order valence-electron chi connectivity index (χ1n) is 8.08. The van der Waals surface area contributed by atoms with Crippen molar-refractivity contribution in [2.75, 3.05) is 4.90 Å². The van der Waals surface area contributed by atoms with Crippen molar-refractivity contribution in [1.82, 2.24) is 5.43 Å². The zero-order valence-electron chi connectivity index (χ0n) is 13.6. The van der Waals surface area contributed by atoms with Crippen LogP contribution in [-0.4, -0.2) is 12.1 Å². The van der Waals surface area contributed by atoms with Crippen LogP contribution >= 0.6 is 0 Å². The molecule has 0 radical (unpaired) electrons. The van der Waals surface area contributed by atoms with E-state index in [1.165, 1.54) is 17.3 Å².